The van der Waals surface area contributed by atoms with E-state index in [4.69, 9.17) is 14.2 Å². The molecule has 1 aliphatic carbocycles. The molecule has 0 bridgehead atoms. The molecule has 1 aliphatic rings. The van der Waals surface area contributed by atoms with Gasteiger partial charge in [-0.3, -0.25) is 24.0 Å². The molecule has 1 aromatic carbocycles. The number of hydrogen-bond donors (Lipinski definition) is 0. The number of halogens is 31. The molecule has 0 aliphatic heterocycles. The fourth-order valence-corrected chi connectivity index (χ4v) is 9.66. The van der Waals surface area contributed by atoms with Crippen LogP contribution in [0.5, 0.6) is 0 Å². The summed E-state index contributed by atoms with van der Waals surface area (Å²) >= 11 is 0. The van der Waals surface area contributed by atoms with Crippen molar-refractivity contribution in [3.05, 3.63) is 34.6 Å². The fourth-order valence-electron chi connectivity index (χ4n) is 9.66. The van der Waals surface area contributed by atoms with Gasteiger partial charge in [-0.25, -0.2) is 22.0 Å². The first-order valence-electron chi connectivity index (χ1n) is 44.6. The Hall–Kier alpha value is -5.68. The standard InChI is InChI=1S/C17H34O2.C15H30O2.C13H26O2.C12H11F11O2.C10H14F6O2.C10H9F5.C7H10F6O.C6H11F3O.16CH4/c1-6-9-11-13-15(14-12-10-7-2)19-16(18)17(4,5)8-3;1-6-9-11-13(12-10-7-2)17-14(16)15(4,5)8-3;1-6-9-11(10-7-2)15-12(14)13(4,5)8-3;1-4-6(2,3)5(24)25-12(23)10(19,20)8(15,16)7(13,14)9(17,18)11(12,21)22;1-5-7(2,3)6(17)18-8(4,9(11,12)13)10(14,15)16;1-3-4(2)5-6(11)8(13)10(15)9(14)7(5)12;1-3-4(2)14-5(6(8,9)10)7(11,12)13;1-3-5(2)10-4-6(7,8)9;;;;;;;;;;;;;;;;/h15H,6-14H2,1-5H3;13H,6-12H2,1-5H3;11H,6-10H2,1-5H3;4H2,1-3H3;5H2,1-4H3;4H,3H2,1-2H3;4-5H,3H2,1-2H3;5H,3-4H2,1-2H3;16*1H4. The van der Waals surface area contributed by atoms with Crippen molar-refractivity contribution < 1.29 is 193 Å². The molecule has 12 nitrogen and oxygen atoms in total. The van der Waals surface area contributed by atoms with E-state index in [1.54, 1.807) is 20.8 Å². The van der Waals surface area contributed by atoms with E-state index >= 15 is 0 Å². The molecule has 1 fully saturated rings. The number of benzene rings is 1. The Bertz CT molecular complexity index is 3360. The quantitative estimate of drug-likeness (QED) is 0.0153. The van der Waals surface area contributed by atoms with Gasteiger partial charge >= 0.3 is 96.2 Å². The maximum atomic E-state index is 14.1. The van der Waals surface area contributed by atoms with E-state index in [9.17, 15) is 160 Å². The highest BCUT2D eigenvalue weighted by Gasteiger charge is 3.03. The minimum Gasteiger partial charge on any atom is -0.462 e. The first kappa shape index (κ1) is 197. The summed E-state index contributed by atoms with van der Waals surface area (Å²) in [4.78, 5) is 58.9. The Morgan fingerprint density at radius 3 is 0.745 bits per heavy atom. The molecule has 3 unspecified atom stereocenters. The summed E-state index contributed by atoms with van der Waals surface area (Å²) < 4.78 is 424. The van der Waals surface area contributed by atoms with Gasteiger partial charge in [-0.05, 0) is 199 Å². The number of unbranched alkanes of at least 4 members (excludes halogenated alkanes) is 6. The zero-order valence-electron chi connectivity index (χ0n) is 81.7. The third kappa shape index (κ3) is 61.6. The summed E-state index contributed by atoms with van der Waals surface area (Å²) in [6.45, 7) is 45.2. The van der Waals surface area contributed by atoms with Crippen molar-refractivity contribution in [3.63, 3.8) is 0 Å². The highest BCUT2D eigenvalue weighted by molar-refractivity contribution is 5.78. The van der Waals surface area contributed by atoms with E-state index in [0.717, 1.165) is 124 Å². The van der Waals surface area contributed by atoms with Crippen LogP contribution < -0.4 is 0 Å². The van der Waals surface area contributed by atoms with Crippen molar-refractivity contribution in [1.29, 1.82) is 0 Å². The molecular formula is C106H209F31O12. The number of hydrogen-bond acceptors (Lipinski definition) is 12. The van der Waals surface area contributed by atoms with Gasteiger partial charge in [0.15, 0.2) is 23.3 Å². The molecule has 3 atom stereocenters. The van der Waals surface area contributed by atoms with Crippen LogP contribution >= 0.6 is 0 Å². The summed E-state index contributed by atoms with van der Waals surface area (Å²) in [5, 5.41) is 0. The summed E-state index contributed by atoms with van der Waals surface area (Å²) in [7, 11) is 0. The van der Waals surface area contributed by atoms with Gasteiger partial charge in [-0.1, -0.05) is 287 Å². The topological polar surface area (TPSA) is 150 Å². The normalized spacial score (nSPS) is 14.4. The predicted molar refractivity (Wildman–Crippen MR) is 550 cm³/mol. The van der Waals surface area contributed by atoms with Crippen LogP contribution in [0.15, 0.2) is 0 Å². The Labute approximate surface area is 882 Å². The minimum atomic E-state index is -7.34. The predicted octanol–water partition coefficient (Wildman–Crippen LogP) is 42.5. The lowest BCUT2D eigenvalue weighted by Crippen LogP contribution is -2.84. The summed E-state index contributed by atoms with van der Waals surface area (Å²) in [6, 6.07) is 0. The van der Waals surface area contributed by atoms with Gasteiger partial charge in [-0.15, -0.1) is 0 Å². The third-order valence-corrected chi connectivity index (χ3v) is 22.2. The van der Waals surface area contributed by atoms with Gasteiger partial charge in [0.25, 0.3) is 5.60 Å². The van der Waals surface area contributed by atoms with Gasteiger partial charge in [0, 0.05) is 5.56 Å². The number of esters is 5. The summed E-state index contributed by atoms with van der Waals surface area (Å²) in [6.07, 6.45) is -7.94. The molecule has 0 saturated heterocycles. The fraction of sp³-hybridized carbons (Fsp3) is 0.896. The Morgan fingerprint density at radius 1 is 0.289 bits per heavy atom. The van der Waals surface area contributed by atoms with Crippen LogP contribution in [0, 0.1) is 56.2 Å². The lowest BCUT2D eigenvalue weighted by Gasteiger charge is -2.51. The monoisotopic (exact) mass is 2260 g/mol. The van der Waals surface area contributed by atoms with Crippen molar-refractivity contribution in [1.82, 2.24) is 0 Å². The van der Waals surface area contributed by atoms with E-state index in [2.05, 4.69) is 60.5 Å². The maximum absolute atomic E-state index is 14.1. The number of rotatable bonds is 41. The van der Waals surface area contributed by atoms with Crippen LogP contribution in [0.2, 0.25) is 0 Å². The molecular weight excluding hydrogens is 2050 g/mol. The van der Waals surface area contributed by atoms with Crippen molar-refractivity contribution in [2.24, 2.45) is 27.1 Å². The minimum absolute atomic E-state index is 0. The second-order valence-electron chi connectivity index (χ2n) is 35.7. The van der Waals surface area contributed by atoms with E-state index in [1.165, 1.54) is 73.1 Å². The summed E-state index contributed by atoms with van der Waals surface area (Å²) in [5.74, 6) is -57.0. The van der Waals surface area contributed by atoms with Crippen LogP contribution in [0.25, 0.3) is 0 Å². The van der Waals surface area contributed by atoms with Crippen LogP contribution in [-0.2, 0) is 57.1 Å². The zero-order valence-corrected chi connectivity index (χ0v) is 81.7. The van der Waals surface area contributed by atoms with E-state index in [-0.39, 0.29) is 197 Å². The van der Waals surface area contributed by atoms with Gasteiger partial charge in [0.1, 0.15) is 24.9 Å². The average molecular weight is 2260 g/mol. The highest BCUT2D eigenvalue weighted by Crippen LogP contribution is 2.70. The number of ether oxygens (including phenoxy) is 7. The first-order valence-corrected chi connectivity index (χ1v) is 44.6. The molecule has 149 heavy (non-hydrogen) atoms. The lowest BCUT2D eigenvalue weighted by atomic mass is 9.78. The summed E-state index contributed by atoms with van der Waals surface area (Å²) in [5.41, 5.74) is -9.71. The van der Waals surface area contributed by atoms with Gasteiger partial charge in [0.2, 0.25) is 11.9 Å². The van der Waals surface area contributed by atoms with E-state index < -0.39 is 161 Å². The van der Waals surface area contributed by atoms with Gasteiger partial charge < -0.3 is 33.2 Å². The highest BCUT2D eigenvalue weighted by atomic mass is 19.4. The van der Waals surface area contributed by atoms with E-state index in [1.807, 2.05) is 62.3 Å². The zero-order chi connectivity index (χ0) is 107. The van der Waals surface area contributed by atoms with Crippen molar-refractivity contribution in [2.75, 3.05) is 6.61 Å². The average Bonchev–Trinajstić information content (AvgIpc) is 0.660. The van der Waals surface area contributed by atoms with Crippen molar-refractivity contribution in [2.45, 2.75) is 594 Å². The smallest absolute Gasteiger partial charge is 0.437 e. The SMILES string of the molecule is C.C.C.C.C.C.C.C.C.C.C.C.C.C.C.C.CCC(C)(C)C(=O)OC(C)(C(F)(F)F)C(F)(F)F.CCC(C)(C)C(=O)OC1(F)C(F)(F)C(F)(F)C(F)(F)C(F)(F)C1(F)F.CCC(C)OC(C(F)(F)F)C(F)(F)F.CCC(C)OCC(F)(F)F.CCC(C)c1c(F)c(F)c(F)c(F)c1F.CCCC(CCC)OC(=O)C(C)(C)CC.CCCCC(CCCC)OC(=O)C(C)(C)CC.CCCCCC(CCCCC)OC(=O)C(C)(C)CC. The van der Waals surface area contributed by atoms with Crippen LogP contribution in [-0.4, -0.2) is 145 Å². The molecule has 0 spiro atoms. The molecule has 0 heterocycles. The Balaban J connectivity index is -0.0000000615. The van der Waals surface area contributed by atoms with Crippen LogP contribution in [0.3, 0.4) is 0 Å². The molecule has 2 rings (SSSR count). The second-order valence-corrected chi connectivity index (χ2v) is 35.7. The number of carbonyl (C=O) groups excluding carboxylic acids is 5. The largest absolute Gasteiger partial charge is 0.462 e. The lowest BCUT2D eigenvalue weighted by molar-refractivity contribution is -0.518. The molecule has 1 aromatic rings. The van der Waals surface area contributed by atoms with Crippen LogP contribution in [0.4, 0.5) is 136 Å². The number of carbonyl (C=O) groups is 5. The third-order valence-electron chi connectivity index (χ3n) is 22.2. The Morgan fingerprint density at radius 2 is 0.523 bits per heavy atom. The Kier molecular flexibility index (Phi) is 111. The van der Waals surface area contributed by atoms with E-state index in [0.29, 0.717) is 12.8 Å². The van der Waals surface area contributed by atoms with Crippen LogP contribution in [0.1, 0.15) is 491 Å². The molecule has 0 amide bonds. The first-order chi connectivity index (χ1) is 59.8. The van der Waals surface area contributed by atoms with Crippen molar-refractivity contribution >= 4 is 29.8 Å². The van der Waals surface area contributed by atoms with Gasteiger partial charge in [0.05, 0.1) is 39.3 Å². The second kappa shape index (κ2) is 83.7. The molecule has 922 valence electrons. The molecule has 0 radical (unpaired) electrons. The maximum Gasteiger partial charge on any atom is 0.437 e. The molecule has 0 aromatic heterocycles. The number of alkyl halides is 26. The molecule has 1 saturated carbocycles. The van der Waals surface area contributed by atoms with Gasteiger partial charge in [-0.2, -0.15) is 114 Å². The molecule has 0 N–H and O–H groups in total. The molecule has 43 heteroatoms. The van der Waals surface area contributed by atoms with Crippen molar-refractivity contribution in [3.8, 4) is 0 Å².